The van der Waals surface area contributed by atoms with E-state index in [4.69, 9.17) is 23.2 Å². The minimum atomic E-state index is -0.511. The SMILES string of the molecule is O=C1C[C@@H](Sc2nc3ccccc3s2)C(=O)N1c1cc(Cl)ccc1Cl. The summed E-state index contributed by atoms with van der Waals surface area (Å²) >= 11 is 15.0. The van der Waals surface area contributed by atoms with Gasteiger partial charge in [-0.3, -0.25) is 9.59 Å². The fourth-order valence-electron chi connectivity index (χ4n) is 2.63. The number of fused-ring (bicyclic) bond motifs is 1. The van der Waals surface area contributed by atoms with Gasteiger partial charge in [0.1, 0.15) is 5.25 Å². The van der Waals surface area contributed by atoms with Crippen molar-refractivity contribution in [3.63, 3.8) is 0 Å². The van der Waals surface area contributed by atoms with Crippen LogP contribution in [-0.4, -0.2) is 22.0 Å². The van der Waals surface area contributed by atoms with Crippen molar-refractivity contribution in [1.29, 1.82) is 0 Å². The number of halogens is 2. The Morgan fingerprint density at radius 3 is 2.76 bits per heavy atom. The van der Waals surface area contributed by atoms with E-state index in [1.165, 1.54) is 29.2 Å². The van der Waals surface area contributed by atoms with Crippen molar-refractivity contribution >= 4 is 74.0 Å². The molecule has 0 N–H and O–H groups in total. The highest BCUT2D eigenvalue weighted by Gasteiger charge is 2.41. The first kappa shape index (κ1) is 16.8. The van der Waals surface area contributed by atoms with Gasteiger partial charge in [-0.1, -0.05) is 47.1 Å². The van der Waals surface area contributed by atoms with Gasteiger partial charge in [0.15, 0.2) is 4.34 Å². The molecule has 4 rings (SSSR count). The highest BCUT2D eigenvalue weighted by Crippen LogP contribution is 2.39. The molecule has 0 spiro atoms. The highest BCUT2D eigenvalue weighted by atomic mass is 35.5. The zero-order valence-corrected chi connectivity index (χ0v) is 15.8. The second-order valence-electron chi connectivity index (χ2n) is 5.42. The van der Waals surface area contributed by atoms with Crippen LogP contribution in [-0.2, 0) is 9.59 Å². The summed E-state index contributed by atoms with van der Waals surface area (Å²) in [5.74, 6) is -0.578. The van der Waals surface area contributed by atoms with Crippen molar-refractivity contribution in [2.75, 3.05) is 4.90 Å². The molecule has 1 aromatic heterocycles. The molecule has 126 valence electrons. The van der Waals surface area contributed by atoms with Crippen molar-refractivity contribution in [2.45, 2.75) is 16.0 Å². The summed E-state index contributed by atoms with van der Waals surface area (Å²) in [5.41, 5.74) is 1.22. The number of thioether (sulfide) groups is 1. The molecule has 0 unspecified atom stereocenters. The van der Waals surface area contributed by atoms with E-state index in [9.17, 15) is 9.59 Å². The number of imide groups is 1. The quantitative estimate of drug-likeness (QED) is 0.570. The third kappa shape index (κ3) is 3.15. The third-order valence-corrected chi connectivity index (χ3v) is 6.64. The van der Waals surface area contributed by atoms with Gasteiger partial charge in [-0.15, -0.1) is 11.3 Å². The van der Waals surface area contributed by atoms with Crippen LogP contribution in [0.25, 0.3) is 10.2 Å². The van der Waals surface area contributed by atoms with Crippen LogP contribution in [0.1, 0.15) is 6.42 Å². The van der Waals surface area contributed by atoms with Crippen LogP contribution in [0.4, 0.5) is 5.69 Å². The van der Waals surface area contributed by atoms with Gasteiger partial charge in [0.2, 0.25) is 11.8 Å². The molecule has 3 aromatic rings. The smallest absolute Gasteiger partial charge is 0.247 e. The van der Waals surface area contributed by atoms with E-state index in [0.717, 1.165) is 19.5 Å². The number of thiazole rings is 1. The number of carbonyl (C=O) groups excluding carboxylic acids is 2. The van der Waals surface area contributed by atoms with Crippen LogP contribution in [0.3, 0.4) is 0 Å². The number of benzene rings is 2. The first-order chi connectivity index (χ1) is 12.0. The van der Waals surface area contributed by atoms with Crippen LogP contribution in [0.2, 0.25) is 10.0 Å². The Labute approximate surface area is 161 Å². The highest BCUT2D eigenvalue weighted by molar-refractivity contribution is 8.02. The molecule has 2 amide bonds. The Morgan fingerprint density at radius 1 is 1.16 bits per heavy atom. The lowest BCUT2D eigenvalue weighted by molar-refractivity contribution is -0.121. The Bertz CT molecular complexity index is 972. The molecule has 1 atom stereocenters. The van der Waals surface area contributed by atoms with Gasteiger partial charge in [0.25, 0.3) is 0 Å². The minimum absolute atomic E-state index is 0.113. The molecule has 1 aliphatic rings. The van der Waals surface area contributed by atoms with Crippen molar-refractivity contribution in [2.24, 2.45) is 0 Å². The predicted molar refractivity (Wildman–Crippen MR) is 103 cm³/mol. The average Bonchev–Trinajstić information content (AvgIpc) is 3.11. The molecule has 1 fully saturated rings. The number of aromatic nitrogens is 1. The van der Waals surface area contributed by atoms with E-state index in [-0.39, 0.29) is 18.2 Å². The molecule has 0 saturated carbocycles. The van der Waals surface area contributed by atoms with Gasteiger partial charge in [0.05, 0.1) is 20.9 Å². The summed E-state index contributed by atoms with van der Waals surface area (Å²) in [5, 5.41) is 0.224. The topological polar surface area (TPSA) is 50.3 Å². The van der Waals surface area contributed by atoms with E-state index in [0.29, 0.717) is 15.7 Å². The zero-order valence-electron chi connectivity index (χ0n) is 12.6. The fourth-order valence-corrected chi connectivity index (χ4v) is 5.33. The Morgan fingerprint density at radius 2 is 1.96 bits per heavy atom. The maximum Gasteiger partial charge on any atom is 0.247 e. The van der Waals surface area contributed by atoms with Gasteiger partial charge in [-0.2, -0.15) is 0 Å². The van der Waals surface area contributed by atoms with Crippen LogP contribution >= 0.6 is 46.3 Å². The second-order valence-corrected chi connectivity index (χ2v) is 8.75. The van der Waals surface area contributed by atoms with Gasteiger partial charge in [-0.05, 0) is 30.3 Å². The van der Waals surface area contributed by atoms with Crippen LogP contribution < -0.4 is 4.90 Å². The summed E-state index contributed by atoms with van der Waals surface area (Å²) < 4.78 is 1.82. The van der Waals surface area contributed by atoms with Gasteiger partial charge < -0.3 is 0 Å². The number of nitrogens with zero attached hydrogens (tertiary/aromatic N) is 2. The number of para-hydroxylation sites is 1. The number of rotatable bonds is 3. The summed E-state index contributed by atoms with van der Waals surface area (Å²) in [6, 6.07) is 12.5. The van der Waals surface area contributed by atoms with Crippen molar-refractivity contribution in [3.05, 3.63) is 52.5 Å². The van der Waals surface area contributed by atoms with E-state index in [2.05, 4.69) is 4.98 Å². The number of hydrogen-bond acceptors (Lipinski definition) is 5. The molecule has 1 saturated heterocycles. The molecule has 0 radical (unpaired) electrons. The van der Waals surface area contributed by atoms with E-state index in [1.807, 2.05) is 24.3 Å². The van der Waals surface area contributed by atoms with E-state index >= 15 is 0 Å². The molecular formula is C17H10Cl2N2O2S2. The van der Waals surface area contributed by atoms with Gasteiger partial charge >= 0.3 is 0 Å². The maximum atomic E-state index is 12.8. The number of anilines is 1. The molecule has 2 heterocycles. The van der Waals surface area contributed by atoms with Crippen molar-refractivity contribution in [1.82, 2.24) is 4.98 Å². The molecular weight excluding hydrogens is 399 g/mol. The minimum Gasteiger partial charge on any atom is -0.274 e. The molecule has 4 nitrogen and oxygen atoms in total. The van der Waals surface area contributed by atoms with Gasteiger partial charge in [0, 0.05) is 11.4 Å². The molecule has 25 heavy (non-hydrogen) atoms. The van der Waals surface area contributed by atoms with Crippen molar-refractivity contribution in [3.8, 4) is 0 Å². The molecule has 2 aromatic carbocycles. The Hall–Kier alpha value is -1.60. The third-order valence-electron chi connectivity index (χ3n) is 3.77. The standard InChI is InChI=1S/C17H10Cl2N2O2S2/c18-9-5-6-10(19)12(7-9)21-15(22)8-14(16(21)23)25-17-20-11-3-1-2-4-13(11)24-17/h1-7,14H,8H2/t14-/m1/s1. The molecule has 1 aliphatic heterocycles. The van der Waals surface area contributed by atoms with Crippen LogP contribution in [0.15, 0.2) is 46.8 Å². The lowest BCUT2D eigenvalue weighted by Crippen LogP contribution is -2.31. The summed E-state index contributed by atoms with van der Waals surface area (Å²) in [4.78, 5) is 30.8. The zero-order chi connectivity index (χ0) is 17.6. The van der Waals surface area contributed by atoms with E-state index in [1.54, 1.807) is 12.1 Å². The molecule has 8 heteroatoms. The molecule has 0 aliphatic carbocycles. The average molecular weight is 409 g/mol. The number of amides is 2. The largest absolute Gasteiger partial charge is 0.274 e. The monoisotopic (exact) mass is 408 g/mol. The fraction of sp³-hybridized carbons (Fsp3) is 0.118. The lowest BCUT2D eigenvalue weighted by atomic mass is 10.3. The predicted octanol–water partition coefficient (Wildman–Crippen LogP) is 5.03. The second kappa shape index (κ2) is 6.61. The summed E-state index contributed by atoms with van der Waals surface area (Å²) in [7, 11) is 0. The first-order valence-electron chi connectivity index (χ1n) is 7.37. The molecule has 0 bridgehead atoms. The van der Waals surface area contributed by atoms with E-state index < -0.39 is 5.25 Å². The number of carbonyl (C=O) groups is 2. The Balaban J connectivity index is 1.61. The Kier molecular flexibility index (Phi) is 4.45. The maximum absolute atomic E-state index is 12.8. The summed E-state index contributed by atoms with van der Waals surface area (Å²) in [6.07, 6.45) is 0.113. The van der Waals surface area contributed by atoms with Crippen LogP contribution in [0, 0.1) is 0 Å². The van der Waals surface area contributed by atoms with Crippen molar-refractivity contribution < 1.29 is 9.59 Å². The summed E-state index contributed by atoms with van der Waals surface area (Å²) in [6.45, 7) is 0. The lowest BCUT2D eigenvalue weighted by Gasteiger charge is -2.16. The first-order valence-corrected chi connectivity index (χ1v) is 9.82. The number of hydrogen-bond donors (Lipinski definition) is 0. The van der Waals surface area contributed by atoms with Crippen LogP contribution in [0.5, 0.6) is 0 Å². The normalized spacial score (nSPS) is 17.7. The van der Waals surface area contributed by atoms with Gasteiger partial charge in [-0.25, -0.2) is 9.88 Å².